The monoisotopic (exact) mass is 405 g/mol. The molecule has 29 heavy (non-hydrogen) atoms. The number of likely N-dealkylation sites (N-methyl/N-ethyl adjacent to an activating group) is 1. The van der Waals surface area contributed by atoms with Crippen LogP contribution in [-0.4, -0.2) is 62.7 Å². The summed E-state index contributed by atoms with van der Waals surface area (Å²) in [6.07, 6.45) is 12.4. The number of aliphatic hydroxyl groups is 1. The second kappa shape index (κ2) is 8.61. The van der Waals surface area contributed by atoms with E-state index in [1.54, 1.807) is 5.57 Å². The zero-order chi connectivity index (χ0) is 20.6. The SMILES string of the molecule is CN(C)CCOCCOC1C=C2CCC3C(CCC4(C)C(O)CCC34)C2(C)CC1. The predicted molar refractivity (Wildman–Crippen MR) is 117 cm³/mol. The molecule has 0 aromatic rings. The lowest BCUT2D eigenvalue weighted by molar-refractivity contribution is -0.0789. The first-order chi connectivity index (χ1) is 13.8. The smallest absolute Gasteiger partial charge is 0.0760 e. The number of aliphatic hydroxyl groups excluding tert-OH is 1. The Morgan fingerprint density at radius 3 is 2.62 bits per heavy atom. The van der Waals surface area contributed by atoms with Crippen LogP contribution in [0.15, 0.2) is 11.6 Å². The van der Waals surface area contributed by atoms with Gasteiger partial charge in [-0.05, 0) is 94.0 Å². The van der Waals surface area contributed by atoms with Crippen LogP contribution in [0, 0.1) is 28.6 Å². The molecule has 1 N–H and O–H groups in total. The van der Waals surface area contributed by atoms with Gasteiger partial charge in [0.05, 0.1) is 32.0 Å². The minimum absolute atomic E-state index is 0.0673. The zero-order valence-electron chi connectivity index (χ0n) is 19.2. The summed E-state index contributed by atoms with van der Waals surface area (Å²) >= 11 is 0. The molecule has 4 aliphatic rings. The Morgan fingerprint density at radius 2 is 1.83 bits per heavy atom. The molecule has 0 amide bonds. The summed E-state index contributed by atoms with van der Waals surface area (Å²) in [5.41, 5.74) is 2.22. The number of hydrogen-bond acceptors (Lipinski definition) is 4. The molecule has 166 valence electrons. The third-order valence-corrected chi connectivity index (χ3v) is 9.26. The lowest BCUT2D eigenvalue weighted by atomic mass is 9.47. The Morgan fingerprint density at radius 1 is 1.00 bits per heavy atom. The molecule has 0 spiro atoms. The van der Waals surface area contributed by atoms with Gasteiger partial charge in [-0.25, -0.2) is 0 Å². The van der Waals surface area contributed by atoms with Crippen molar-refractivity contribution in [3.05, 3.63) is 11.6 Å². The van der Waals surface area contributed by atoms with E-state index in [-0.39, 0.29) is 17.6 Å². The molecule has 4 aliphatic carbocycles. The summed E-state index contributed by atoms with van der Waals surface area (Å²) in [7, 11) is 4.14. The second-order valence-electron chi connectivity index (χ2n) is 11.0. The topological polar surface area (TPSA) is 41.9 Å². The Hall–Kier alpha value is -0.420. The molecule has 7 atom stereocenters. The molecule has 4 nitrogen and oxygen atoms in total. The molecule has 0 aliphatic heterocycles. The first-order valence-electron chi connectivity index (χ1n) is 12.1. The summed E-state index contributed by atoms with van der Waals surface area (Å²) in [5, 5.41) is 10.6. The van der Waals surface area contributed by atoms with Gasteiger partial charge in [-0.2, -0.15) is 0 Å². The van der Waals surface area contributed by atoms with Crippen molar-refractivity contribution < 1.29 is 14.6 Å². The maximum Gasteiger partial charge on any atom is 0.0760 e. The van der Waals surface area contributed by atoms with Gasteiger partial charge in [-0.15, -0.1) is 0 Å². The lowest BCUT2D eigenvalue weighted by Crippen LogP contribution is -2.51. The largest absolute Gasteiger partial charge is 0.393 e. The number of nitrogens with zero attached hydrogens (tertiary/aromatic N) is 1. The Balaban J connectivity index is 1.34. The van der Waals surface area contributed by atoms with Crippen molar-refractivity contribution in [3.8, 4) is 0 Å². The van der Waals surface area contributed by atoms with E-state index in [4.69, 9.17) is 9.47 Å². The Kier molecular flexibility index (Phi) is 6.47. The van der Waals surface area contributed by atoms with Gasteiger partial charge in [-0.3, -0.25) is 0 Å². The molecular weight excluding hydrogens is 362 g/mol. The van der Waals surface area contributed by atoms with Crippen LogP contribution in [0.25, 0.3) is 0 Å². The van der Waals surface area contributed by atoms with Crippen molar-refractivity contribution in [3.63, 3.8) is 0 Å². The lowest BCUT2D eigenvalue weighted by Gasteiger charge is -2.58. The summed E-state index contributed by atoms with van der Waals surface area (Å²) in [6.45, 7) is 8.05. The van der Waals surface area contributed by atoms with Crippen LogP contribution in [0.5, 0.6) is 0 Å². The standard InChI is InChI=1S/C25H43NO3/c1-24-11-9-19(29-16-15-28-14-13-26(3)4)17-18(24)5-6-20-21-7-8-23(27)25(21,2)12-10-22(20)24/h17,19-23,27H,5-16H2,1-4H3. The highest BCUT2D eigenvalue weighted by molar-refractivity contribution is 5.25. The number of rotatable bonds is 7. The fourth-order valence-electron chi connectivity index (χ4n) is 7.41. The van der Waals surface area contributed by atoms with Crippen molar-refractivity contribution in [1.82, 2.24) is 4.90 Å². The van der Waals surface area contributed by atoms with Gasteiger partial charge in [0.25, 0.3) is 0 Å². The molecule has 3 fully saturated rings. The van der Waals surface area contributed by atoms with Gasteiger partial charge >= 0.3 is 0 Å². The average molecular weight is 406 g/mol. The zero-order valence-corrected chi connectivity index (χ0v) is 19.2. The highest BCUT2D eigenvalue weighted by Gasteiger charge is 2.58. The molecule has 0 bridgehead atoms. The fourth-order valence-corrected chi connectivity index (χ4v) is 7.41. The highest BCUT2D eigenvalue weighted by Crippen LogP contribution is 2.65. The molecule has 0 aromatic heterocycles. The van der Waals surface area contributed by atoms with Crippen molar-refractivity contribution in [2.75, 3.05) is 40.5 Å². The van der Waals surface area contributed by atoms with Crippen LogP contribution in [0.2, 0.25) is 0 Å². The van der Waals surface area contributed by atoms with E-state index >= 15 is 0 Å². The summed E-state index contributed by atoms with van der Waals surface area (Å²) in [6, 6.07) is 0. The first-order valence-corrected chi connectivity index (χ1v) is 12.1. The summed E-state index contributed by atoms with van der Waals surface area (Å²) in [5.74, 6) is 2.36. The van der Waals surface area contributed by atoms with E-state index < -0.39 is 0 Å². The minimum atomic E-state index is -0.0673. The van der Waals surface area contributed by atoms with Crippen molar-refractivity contribution in [1.29, 1.82) is 0 Å². The third kappa shape index (κ3) is 4.07. The molecule has 0 saturated heterocycles. The van der Waals surface area contributed by atoms with Crippen LogP contribution < -0.4 is 0 Å². The maximum atomic E-state index is 10.6. The van der Waals surface area contributed by atoms with E-state index in [2.05, 4.69) is 38.9 Å². The van der Waals surface area contributed by atoms with Gasteiger partial charge in [0.15, 0.2) is 0 Å². The van der Waals surface area contributed by atoms with E-state index in [1.807, 2.05) is 0 Å². The number of fused-ring (bicyclic) bond motifs is 5. The molecule has 0 aromatic carbocycles. The summed E-state index contributed by atoms with van der Waals surface area (Å²) in [4.78, 5) is 2.14. The van der Waals surface area contributed by atoms with Crippen LogP contribution in [0.1, 0.15) is 65.2 Å². The minimum Gasteiger partial charge on any atom is -0.393 e. The molecule has 0 radical (unpaired) electrons. The molecule has 0 heterocycles. The van der Waals surface area contributed by atoms with Gasteiger partial charge < -0.3 is 19.5 Å². The molecular formula is C25H43NO3. The fraction of sp³-hybridized carbons (Fsp3) is 0.920. The van der Waals surface area contributed by atoms with E-state index in [9.17, 15) is 5.11 Å². The Bertz CT molecular complexity index is 605. The quantitative estimate of drug-likeness (QED) is 0.507. The van der Waals surface area contributed by atoms with Crippen molar-refractivity contribution >= 4 is 0 Å². The molecule has 4 heteroatoms. The highest BCUT2D eigenvalue weighted by atomic mass is 16.5. The van der Waals surface area contributed by atoms with Gasteiger partial charge in [0, 0.05) is 6.54 Å². The summed E-state index contributed by atoms with van der Waals surface area (Å²) < 4.78 is 11.9. The number of allylic oxidation sites excluding steroid dienone is 1. The number of ether oxygens (including phenoxy) is 2. The van der Waals surface area contributed by atoms with Crippen LogP contribution in [0.3, 0.4) is 0 Å². The number of hydrogen-bond donors (Lipinski definition) is 1. The maximum absolute atomic E-state index is 10.6. The van der Waals surface area contributed by atoms with E-state index in [0.717, 1.165) is 43.7 Å². The third-order valence-electron chi connectivity index (χ3n) is 9.26. The van der Waals surface area contributed by atoms with E-state index in [1.165, 1.54) is 38.5 Å². The first kappa shape index (κ1) is 21.8. The van der Waals surface area contributed by atoms with Crippen molar-refractivity contribution in [2.45, 2.75) is 77.4 Å². The average Bonchev–Trinajstić information content (AvgIpc) is 2.99. The normalized spacial score (nSPS) is 44.2. The van der Waals surface area contributed by atoms with Gasteiger partial charge in [-0.1, -0.05) is 25.5 Å². The van der Waals surface area contributed by atoms with Crippen LogP contribution in [-0.2, 0) is 9.47 Å². The second-order valence-corrected chi connectivity index (χ2v) is 11.0. The van der Waals surface area contributed by atoms with Crippen LogP contribution >= 0.6 is 0 Å². The molecule has 4 rings (SSSR count). The molecule has 3 saturated carbocycles. The van der Waals surface area contributed by atoms with Crippen LogP contribution in [0.4, 0.5) is 0 Å². The Labute approximate surface area is 178 Å². The van der Waals surface area contributed by atoms with Gasteiger partial charge in [0.1, 0.15) is 0 Å². The molecule has 7 unspecified atom stereocenters. The van der Waals surface area contributed by atoms with E-state index in [0.29, 0.717) is 18.6 Å². The van der Waals surface area contributed by atoms with Crippen molar-refractivity contribution in [2.24, 2.45) is 28.6 Å². The van der Waals surface area contributed by atoms with Gasteiger partial charge in [0.2, 0.25) is 0 Å². The predicted octanol–water partition coefficient (Wildman–Crippen LogP) is 4.27.